The molecular formula is C20H35N3O4. The summed E-state index contributed by atoms with van der Waals surface area (Å²) in [6, 6.07) is 0. The molecule has 0 aliphatic heterocycles. The highest BCUT2D eigenvalue weighted by Gasteiger charge is 2.39. The Balaban J connectivity index is 2.71. The monoisotopic (exact) mass is 381 g/mol. The minimum absolute atomic E-state index is 0.00702. The molecule has 0 aromatic carbocycles. The number of amides is 3. The number of hydrogen-bond donors (Lipinski definition) is 2. The number of nitrogens with zero attached hydrogens (tertiary/aromatic N) is 1. The maximum Gasteiger partial charge on any atom is 0.407 e. The Morgan fingerprint density at radius 3 is 2.33 bits per heavy atom. The standard InChI is InChI=1S/C20H35N3O4/c1-8-11-23(20(6,7)13-21-14(2)24)17(25)15-9-10-16(12-15)27-18(26)22-19(3,4)5/h8,15-16H,1,9-13H2,2-7H3,(H,21,24)(H,22,26). The summed E-state index contributed by atoms with van der Waals surface area (Å²) in [7, 11) is 0. The van der Waals surface area contributed by atoms with Crippen LogP contribution in [0.25, 0.3) is 0 Å². The molecule has 7 nitrogen and oxygen atoms in total. The van der Waals surface area contributed by atoms with Crippen LogP contribution < -0.4 is 10.6 Å². The van der Waals surface area contributed by atoms with Gasteiger partial charge in [0.1, 0.15) is 6.10 Å². The van der Waals surface area contributed by atoms with Gasteiger partial charge in [-0.25, -0.2) is 4.79 Å². The van der Waals surface area contributed by atoms with Gasteiger partial charge in [-0.15, -0.1) is 6.58 Å². The molecule has 0 heterocycles. The summed E-state index contributed by atoms with van der Waals surface area (Å²) in [6.45, 7) is 15.5. The van der Waals surface area contributed by atoms with Crippen molar-refractivity contribution in [2.45, 2.75) is 78.0 Å². The predicted molar refractivity (Wildman–Crippen MR) is 105 cm³/mol. The highest BCUT2D eigenvalue weighted by atomic mass is 16.6. The Kier molecular flexibility index (Phi) is 7.87. The fourth-order valence-corrected chi connectivity index (χ4v) is 3.18. The molecule has 0 bridgehead atoms. The second-order valence-electron chi connectivity index (χ2n) is 8.87. The molecule has 3 amide bonds. The highest BCUT2D eigenvalue weighted by Crippen LogP contribution is 2.31. The van der Waals surface area contributed by atoms with Gasteiger partial charge in [0.25, 0.3) is 0 Å². The van der Waals surface area contributed by atoms with Crippen molar-refractivity contribution in [3.8, 4) is 0 Å². The minimum Gasteiger partial charge on any atom is -0.446 e. The van der Waals surface area contributed by atoms with Gasteiger partial charge in [0.2, 0.25) is 11.8 Å². The van der Waals surface area contributed by atoms with Crippen LogP contribution in [0.4, 0.5) is 4.79 Å². The number of rotatable bonds is 7. The summed E-state index contributed by atoms with van der Waals surface area (Å²) in [5.74, 6) is -0.324. The number of carbonyl (C=O) groups excluding carboxylic acids is 3. The van der Waals surface area contributed by atoms with Crippen LogP contribution in [-0.2, 0) is 14.3 Å². The molecule has 27 heavy (non-hydrogen) atoms. The van der Waals surface area contributed by atoms with Crippen LogP contribution in [0.2, 0.25) is 0 Å². The average Bonchev–Trinajstić information content (AvgIpc) is 2.96. The highest BCUT2D eigenvalue weighted by molar-refractivity contribution is 5.80. The Hall–Kier alpha value is -2.05. The van der Waals surface area contributed by atoms with Crippen LogP contribution in [-0.4, -0.2) is 53.1 Å². The minimum atomic E-state index is -0.542. The van der Waals surface area contributed by atoms with Crippen molar-refractivity contribution < 1.29 is 19.1 Å². The number of hydrogen-bond acceptors (Lipinski definition) is 4. The lowest BCUT2D eigenvalue weighted by molar-refractivity contribution is -0.140. The molecule has 2 unspecified atom stereocenters. The molecule has 0 spiro atoms. The molecule has 7 heteroatoms. The van der Waals surface area contributed by atoms with Crippen LogP contribution >= 0.6 is 0 Å². The van der Waals surface area contributed by atoms with Gasteiger partial charge in [0.05, 0.1) is 5.54 Å². The number of nitrogens with one attached hydrogen (secondary N) is 2. The number of alkyl carbamates (subject to hydrolysis) is 1. The third-order valence-electron chi connectivity index (χ3n) is 4.56. The lowest BCUT2D eigenvalue weighted by Gasteiger charge is -2.39. The van der Waals surface area contributed by atoms with Crippen molar-refractivity contribution in [3.05, 3.63) is 12.7 Å². The van der Waals surface area contributed by atoms with Crippen LogP contribution in [0.3, 0.4) is 0 Å². The van der Waals surface area contributed by atoms with E-state index in [-0.39, 0.29) is 29.4 Å². The van der Waals surface area contributed by atoms with Gasteiger partial charge in [-0.2, -0.15) is 0 Å². The van der Waals surface area contributed by atoms with Gasteiger partial charge in [0.15, 0.2) is 0 Å². The van der Waals surface area contributed by atoms with Crippen molar-refractivity contribution in [3.63, 3.8) is 0 Å². The predicted octanol–water partition coefficient (Wildman–Crippen LogP) is 2.61. The largest absolute Gasteiger partial charge is 0.446 e. The van der Waals surface area contributed by atoms with Crippen LogP contribution in [0.1, 0.15) is 60.8 Å². The Labute approximate surface area is 162 Å². The Morgan fingerprint density at radius 2 is 1.81 bits per heavy atom. The topological polar surface area (TPSA) is 87.7 Å². The van der Waals surface area contributed by atoms with Gasteiger partial charge in [-0.3, -0.25) is 9.59 Å². The molecule has 1 fully saturated rings. The molecule has 0 radical (unpaired) electrons. The van der Waals surface area contributed by atoms with E-state index in [9.17, 15) is 14.4 Å². The molecule has 2 atom stereocenters. The first-order valence-electron chi connectivity index (χ1n) is 9.51. The summed E-state index contributed by atoms with van der Waals surface area (Å²) in [4.78, 5) is 38.1. The zero-order chi connectivity index (χ0) is 20.8. The van der Waals surface area contributed by atoms with E-state index in [0.29, 0.717) is 32.4 Å². The molecular weight excluding hydrogens is 346 g/mol. The Morgan fingerprint density at radius 1 is 1.19 bits per heavy atom. The fraction of sp³-hybridized carbons (Fsp3) is 0.750. The van der Waals surface area contributed by atoms with Crippen LogP contribution in [0.5, 0.6) is 0 Å². The molecule has 1 aliphatic rings. The quantitative estimate of drug-likeness (QED) is 0.664. The van der Waals surface area contributed by atoms with E-state index in [4.69, 9.17) is 4.74 Å². The van der Waals surface area contributed by atoms with Crippen molar-refractivity contribution in [2.24, 2.45) is 5.92 Å². The molecule has 0 aromatic heterocycles. The first-order valence-corrected chi connectivity index (χ1v) is 9.51. The van der Waals surface area contributed by atoms with Gasteiger partial charge >= 0.3 is 6.09 Å². The molecule has 154 valence electrons. The number of ether oxygens (including phenoxy) is 1. The van der Waals surface area contributed by atoms with Crippen molar-refractivity contribution >= 4 is 17.9 Å². The van der Waals surface area contributed by atoms with Crippen molar-refractivity contribution in [1.82, 2.24) is 15.5 Å². The second kappa shape index (κ2) is 9.24. The van der Waals surface area contributed by atoms with Gasteiger partial charge in [0, 0.05) is 31.5 Å². The van der Waals surface area contributed by atoms with E-state index >= 15 is 0 Å². The first-order chi connectivity index (χ1) is 12.4. The maximum atomic E-state index is 13.1. The number of carbonyl (C=O) groups is 3. The van der Waals surface area contributed by atoms with Crippen molar-refractivity contribution in [2.75, 3.05) is 13.1 Å². The molecule has 0 aromatic rings. The van der Waals surface area contributed by atoms with Crippen LogP contribution in [0.15, 0.2) is 12.7 Å². The molecule has 1 rings (SSSR count). The van der Waals surface area contributed by atoms with Gasteiger partial charge < -0.3 is 20.3 Å². The first kappa shape index (κ1) is 23.0. The van der Waals surface area contributed by atoms with Gasteiger partial charge in [-0.1, -0.05) is 6.08 Å². The van der Waals surface area contributed by atoms with E-state index in [0.717, 1.165) is 0 Å². The summed E-state index contributed by atoms with van der Waals surface area (Å²) >= 11 is 0. The van der Waals surface area contributed by atoms with E-state index in [1.165, 1.54) is 6.92 Å². The van der Waals surface area contributed by atoms with Gasteiger partial charge in [-0.05, 0) is 53.9 Å². The normalized spacial score (nSPS) is 19.9. The lowest BCUT2D eigenvalue weighted by atomic mass is 9.98. The summed E-state index contributed by atoms with van der Waals surface area (Å²) in [6.07, 6.45) is 2.84. The second-order valence-corrected chi connectivity index (χ2v) is 8.87. The summed E-state index contributed by atoms with van der Waals surface area (Å²) in [5, 5.41) is 5.56. The molecule has 1 aliphatic carbocycles. The third kappa shape index (κ3) is 7.61. The average molecular weight is 382 g/mol. The van der Waals surface area contributed by atoms with Crippen molar-refractivity contribution in [1.29, 1.82) is 0 Å². The molecule has 1 saturated carbocycles. The molecule has 0 saturated heterocycles. The summed E-state index contributed by atoms with van der Waals surface area (Å²) in [5.41, 5.74) is -0.904. The van der Waals surface area contributed by atoms with E-state index in [2.05, 4.69) is 17.2 Å². The SMILES string of the molecule is C=CCN(C(=O)C1CCC(OC(=O)NC(C)(C)C)C1)C(C)(C)CNC(C)=O. The lowest BCUT2D eigenvalue weighted by Crippen LogP contribution is -2.55. The van der Waals surface area contributed by atoms with E-state index < -0.39 is 11.6 Å². The smallest absolute Gasteiger partial charge is 0.407 e. The third-order valence-corrected chi connectivity index (χ3v) is 4.56. The summed E-state index contributed by atoms with van der Waals surface area (Å²) < 4.78 is 5.47. The fourth-order valence-electron chi connectivity index (χ4n) is 3.18. The Bertz CT molecular complexity index is 566. The van der Waals surface area contributed by atoms with E-state index in [1.807, 2.05) is 34.6 Å². The molecule has 2 N–H and O–H groups in total. The zero-order valence-corrected chi connectivity index (χ0v) is 17.6. The van der Waals surface area contributed by atoms with Crippen LogP contribution in [0, 0.1) is 5.92 Å². The zero-order valence-electron chi connectivity index (χ0n) is 17.6. The van der Waals surface area contributed by atoms with E-state index in [1.54, 1.807) is 11.0 Å². The maximum absolute atomic E-state index is 13.1.